The number of aromatic nitrogens is 4. The number of hydrogen-bond acceptors (Lipinski definition) is 10. The number of amides is 2. The lowest BCUT2D eigenvalue weighted by Gasteiger charge is -2.37. The van der Waals surface area contributed by atoms with Crippen molar-refractivity contribution < 1.29 is 19.1 Å². The predicted octanol–water partition coefficient (Wildman–Crippen LogP) is 2.45. The number of nitriles is 1. The lowest BCUT2D eigenvalue weighted by molar-refractivity contribution is 0.0301. The van der Waals surface area contributed by atoms with Crippen LogP contribution in [0.15, 0.2) is 48.7 Å². The molecule has 13 heteroatoms. The van der Waals surface area contributed by atoms with Gasteiger partial charge in [0.1, 0.15) is 6.04 Å². The number of aromatic amines is 1. The number of nitrogens with one attached hydrogen (secondary N) is 2. The van der Waals surface area contributed by atoms with E-state index < -0.39 is 5.41 Å². The molecule has 2 N–H and O–H groups in total. The Hall–Kier alpha value is -4.64. The molecule has 5 aliphatic rings. The van der Waals surface area contributed by atoms with Crippen molar-refractivity contribution in [3.8, 4) is 6.07 Å². The van der Waals surface area contributed by atoms with E-state index in [1.807, 2.05) is 34.1 Å². The maximum Gasteiger partial charge on any atom is 0.254 e. The molecule has 1 unspecified atom stereocenters. The average molecular weight is 692 g/mol. The lowest BCUT2D eigenvalue weighted by Crippen LogP contribution is -2.43. The minimum Gasteiger partial charge on any atom is -0.378 e. The summed E-state index contributed by atoms with van der Waals surface area (Å²) in [5.41, 5.74) is 5.49. The summed E-state index contributed by atoms with van der Waals surface area (Å²) in [7, 11) is 0. The number of piperidine rings is 1. The van der Waals surface area contributed by atoms with Crippen molar-refractivity contribution in [1.29, 1.82) is 5.26 Å². The van der Waals surface area contributed by atoms with E-state index in [0.717, 1.165) is 40.8 Å². The third-order valence-corrected chi connectivity index (χ3v) is 11.5. The van der Waals surface area contributed by atoms with E-state index >= 15 is 0 Å². The molecule has 0 spiro atoms. The Morgan fingerprint density at radius 3 is 2.10 bits per heavy atom. The fourth-order valence-corrected chi connectivity index (χ4v) is 8.85. The normalized spacial score (nSPS) is 24.1. The van der Waals surface area contributed by atoms with Crippen LogP contribution in [0.2, 0.25) is 0 Å². The van der Waals surface area contributed by atoms with Crippen LogP contribution in [0, 0.1) is 17.2 Å². The number of aryl methyl sites for hydroxylation is 2. The van der Waals surface area contributed by atoms with Gasteiger partial charge in [0, 0.05) is 61.6 Å². The molecule has 2 aliphatic carbocycles. The number of rotatable bonds is 9. The van der Waals surface area contributed by atoms with Crippen LogP contribution in [0.5, 0.6) is 0 Å². The second-order valence-corrected chi connectivity index (χ2v) is 14.6. The van der Waals surface area contributed by atoms with Gasteiger partial charge in [-0.3, -0.25) is 9.59 Å². The number of benzene rings is 2. The summed E-state index contributed by atoms with van der Waals surface area (Å²) in [6.07, 6.45) is 3.96. The predicted molar refractivity (Wildman–Crippen MR) is 187 cm³/mol. The zero-order valence-corrected chi connectivity index (χ0v) is 29.1. The van der Waals surface area contributed by atoms with Crippen LogP contribution in [0.3, 0.4) is 0 Å². The molecular formula is C38H45N9O4. The van der Waals surface area contributed by atoms with Crippen molar-refractivity contribution in [3.05, 3.63) is 87.9 Å². The molecule has 3 aromatic rings. The summed E-state index contributed by atoms with van der Waals surface area (Å²) in [6, 6.07) is 14.8. The van der Waals surface area contributed by atoms with Gasteiger partial charge in [-0.15, -0.1) is 10.2 Å². The number of ether oxygens (including phenoxy) is 2. The molecule has 0 bridgehead atoms. The van der Waals surface area contributed by atoms with Crippen LogP contribution in [0.4, 0.5) is 0 Å². The van der Waals surface area contributed by atoms with Crippen LogP contribution in [0.1, 0.15) is 75.0 Å². The number of carbonyl (C=O) groups excluding carboxylic acids is 2. The first-order chi connectivity index (χ1) is 24.9. The monoisotopic (exact) mass is 691 g/mol. The Bertz CT molecular complexity index is 1760. The largest absolute Gasteiger partial charge is 0.378 e. The molecule has 13 nitrogen and oxygen atoms in total. The number of fused-ring (bicyclic) bond motifs is 3. The van der Waals surface area contributed by atoms with E-state index in [-0.39, 0.29) is 23.9 Å². The van der Waals surface area contributed by atoms with Gasteiger partial charge in [0.05, 0.1) is 37.9 Å². The number of tetrazole rings is 1. The SMILES string of the molecule is C=C(CN[C@@H](C)CC1(c2nn[nH]n2)c2ccc(C(=O)N3CCOCC3)cc2CCc2cc(C(=O)N3CCOCC3)ccc21)N1C(C#N)C[C@@H]2C[C@@H]21. The summed E-state index contributed by atoms with van der Waals surface area (Å²) in [6.45, 7) is 11.5. The van der Waals surface area contributed by atoms with Gasteiger partial charge in [-0.1, -0.05) is 23.9 Å². The average Bonchev–Trinajstić information content (AvgIpc) is 3.55. The van der Waals surface area contributed by atoms with Gasteiger partial charge in [-0.05, 0) is 91.5 Å². The Labute approximate surface area is 297 Å². The molecule has 8 rings (SSSR count). The third kappa shape index (κ3) is 6.19. The van der Waals surface area contributed by atoms with Gasteiger partial charge in [0.15, 0.2) is 5.82 Å². The van der Waals surface area contributed by atoms with E-state index in [1.54, 1.807) is 0 Å². The molecule has 1 aromatic heterocycles. The number of hydrogen-bond donors (Lipinski definition) is 2. The fourth-order valence-electron chi connectivity index (χ4n) is 8.85. The van der Waals surface area contributed by atoms with E-state index in [1.165, 1.54) is 0 Å². The topological polar surface area (TPSA) is 153 Å². The molecule has 4 fully saturated rings. The van der Waals surface area contributed by atoms with Crippen LogP contribution < -0.4 is 5.32 Å². The lowest BCUT2D eigenvalue weighted by atomic mass is 9.67. The van der Waals surface area contributed by atoms with E-state index in [4.69, 9.17) is 9.47 Å². The Morgan fingerprint density at radius 2 is 1.57 bits per heavy atom. The molecule has 4 atom stereocenters. The minimum atomic E-state index is -0.854. The summed E-state index contributed by atoms with van der Waals surface area (Å²) in [5.74, 6) is 1.12. The van der Waals surface area contributed by atoms with Crippen LogP contribution in [0.25, 0.3) is 0 Å². The van der Waals surface area contributed by atoms with Gasteiger partial charge in [-0.25, -0.2) is 0 Å². The van der Waals surface area contributed by atoms with Crippen molar-refractivity contribution >= 4 is 11.8 Å². The first-order valence-electron chi connectivity index (χ1n) is 18.2. The molecule has 0 radical (unpaired) electrons. The van der Waals surface area contributed by atoms with Crippen molar-refractivity contribution in [2.24, 2.45) is 5.92 Å². The second-order valence-electron chi connectivity index (χ2n) is 14.6. The summed E-state index contributed by atoms with van der Waals surface area (Å²) in [5, 5.41) is 29.6. The number of likely N-dealkylation sites (tertiary alicyclic amines) is 1. The molecule has 3 saturated heterocycles. The van der Waals surface area contributed by atoms with Crippen molar-refractivity contribution in [1.82, 2.24) is 40.6 Å². The van der Waals surface area contributed by atoms with Gasteiger partial charge in [0.25, 0.3) is 11.8 Å². The van der Waals surface area contributed by atoms with Gasteiger partial charge < -0.3 is 29.5 Å². The van der Waals surface area contributed by atoms with Gasteiger partial charge >= 0.3 is 0 Å². The Morgan fingerprint density at radius 1 is 0.980 bits per heavy atom. The minimum absolute atomic E-state index is 0.00421. The first-order valence-corrected chi connectivity index (χ1v) is 18.2. The van der Waals surface area contributed by atoms with Crippen LogP contribution >= 0.6 is 0 Å². The highest BCUT2D eigenvalue weighted by Crippen LogP contribution is 2.49. The highest BCUT2D eigenvalue weighted by molar-refractivity contribution is 5.95. The van der Waals surface area contributed by atoms with Crippen molar-refractivity contribution in [2.45, 2.75) is 62.6 Å². The quantitative estimate of drug-likeness (QED) is 0.342. The smallest absolute Gasteiger partial charge is 0.254 e. The molecule has 2 aromatic carbocycles. The van der Waals surface area contributed by atoms with Crippen molar-refractivity contribution in [3.63, 3.8) is 0 Å². The molecule has 3 aliphatic heterocycles. The molecule has 2 amide bonds. The molecule has 1 saturated carbocycles. The van der Waals surface area contributed by atoms with Crippen molar-refractivity contribution in [2.75, 3.05) is 59.2 Å². The van der Waals surface area contributed by atoms with E-state index in [9.17, 15) is 14.9 Å². The fraction of sp³-hybridized carbons (Fsp3) is 0.526. The molecule has 51 heavy (non-hydrogen) atoms. The van der Waals surface area contributed by atoms with Gasteiger partial charge in [-0.2, -0.15) is 10.5 Å². The third-order valence-electron chi connectivity index (χ3n) is 11.5. The Kier molecular flexibility index (Phi) is 9.08. The zero-order valence-electron chi connectivity index (χ0n) is 29.1. The van der Waals surface area contributed by atoms with E-state index in [2.05, 4.69) is 62.5 Å². The number of carbonyl (C=O) groups is 2. The number of H-pyrrole nitrogens is 1. The summed E-state index contributed by atoms with van der Waals surface area (Å²) < 4.78 is 11.0. The summed E-state index contributed by atoms with van der Waals surface area (Å²) in [4.78, 5) is 33.3. The molecule has 266 valence electrons. The highest BCUT2D eigenvalue weighted by atomic mass is 16.5. The zero-order chi connectivity index (χ0) is 35.1. The Balaban J connectivity index is 1.17. The maximum absolute atomic E-state index is 13.7. The van der Waals surface area contributed by atoms with Crippen LogP contribution in [-0.4, -0.2) is 124 Å². The maximum atomic E-state index is 13.7. The molecular weight excluding hydrogens is 646 g/mol. The molecule has 4 heterocycles. The second kappa shape index (κ2) is 13.8. The number of nitrogens with zero attached hydrogens (tertiary/aromatic N) is 7. The standard InChI is InChI=1S/C38H45N9O4/c1-24(40-23-25(2)47-31(22-39)19-30-20-34(30)47)21-38(37-41-43-44-42-37)32-7-5-28(35(48)45-9-13-50-14-10-45)17-26(32)3-4-27-18-29(6-8-33(27)38)36(49)46-11-15-51-16-12-46/h5-8,17-18,24,30-31,34,40H,2-4,9-16,19-21,23H2,1H3,(H,41,42,43,44)/t24-,30+,31?,34-/m0/s1. The first kappa shape index (κ1) is 33.5. The number of morpholine rings is 2. The van der Waals surface area contributed by atoms with Crippen LogP contribution in [-0.2, 0) is 27.7 Å². The highest BCUT2D eigenvalue weighted by Gasteiger charge is 2.52. The summed E-state index contributed by atoms with van der Waals surface area (Å²) >= 11 is 0. The van der Waals surface area contributed by atoms with Gasteiger partial charge in [0.2, 0.25) is 0 Å². The van der Waals surface area contributed by atoms with E-state index in [0.29, 0.717) is 107 Å².